The minimum absolute atomic E-state index is 0.165. The van der Waals surface area contributed by atoms with Crippen LogP contribution in [-0.2, 0) is 0 Å². The quantitative estimate of drug-likeness (QED) is 0.329. The maximum Gasteiger partial charge on any atom is 0.127 e. The van der Waals surface area contributed by atoms with Crippen molar-refractivity contribution in [3.8, 4) is 0 Å². The van der Waals surface area contributed by atoms with Gasteiger partial charge in [0, 0.05) is 35.8 Å². The van der Waals surface area contributed by atoms with Gasteiger partial charge in [0.1, 0.15) is 8.24 Å². The van der Waals surface area contributed by atoms with Crippen molar-refractivity contribution in [1.82, 2.24) is 4.57 Å². The number of hydrogen-bond donors (Lipinski definition) is 0. The zero-order chi connectivity index (χ0) is 24.5. The summed E-state index contributed by atoms with van der Waals surface area (Å²) in [6.45, 7) is 30.5. The number of fused-ring (bicyclic) bond motifs is 1. The second-order valence-electron chi connectivity index (χ2n) is 13.7. The van der Waals surface area contributed by atoms with Gasteiger partial charge in [0.25, 0.3) is 0 Å². The molecule has 1 saturated heterocycles. The summed E-state index contributed by atoms with van der Waals surface area (Å²) in [4.78, 5) is 2.61. The van der Waals surface area contributed by atoms with E-state index in [0.29, 0.717) is 5.92 Å². The van der Waals surface area contributed by atoms with Crippen molar-refractivity contribution < 1.29 is 0 Å². The molecule has 1 aromatic rings. The molecule has 4 rings (SSSR count). The molecule has 33 heavy (non-hydrogen) atoms. The van der Waals surface area contributed by atoms with Gasteiger partial charge in [0.2, 0.25) is 0 Å². The first-order valence-corrected chi connectivity index (χ1v) is 16.5. The predicted octanol–water partition coefficient (Wildman–Crippen LogP) is 7.84. The standard InChI is InChI=1S/C30H50N2Si/c1-20-21(2)23(4)28(22(20)3)33(10,11)32(29(6,7)8)30(9)17-25-18-31(19-27(25)24(30)5)26-15-13-12-14-16-26/h12-16,20-23,25,28H,17-19H2,1-11H3. The van der Waals surface area contributed by atoms with E-state index in [1.807, 2.05) is 0 Å². The van der Waals surface area contributed by atoms with Gasteiger partial charge in [-0.1, -0.05) is 64.6 Å². The van der Waals surface area contributed by atoms with Crippen LogP contribution in [0.15, 0.2) is 41.5 Å². The molecule has 0 spiro atoms. The summed E-state index contributed by atoms with van der Waals surface area (Å²) in [6, 6.07) is 11.0. The van der Waals surface area contributed by atoms with Crippen molar-refractivity contribution in [2.45, 2.75) is 98.4 Å². The summed E-state index contributed by atoms with van der Waals surface area (Å²) in [5.74, 6) is 3.97. The van der Waals surface area contributed by atoms with E-state index in [0.717, 1.165) is 35.8 Å². The highest BCUT2D eigenvalue weighted by molar-refractivity contribution is 6.76. The summed E-state index contributed by atoms with van der Waals surface area (Å²) >= 11 is 0. The molecule has 2 fully saturated rings. The minimum atomic E-state index is -1.77. The number of hydrogen-bond acceptors (Lipinski definition) is 2. The van der Waals surface area contributed by atoms with E-state index >= 15 is 0 Å². The van der Waals surface area contributed by atoms with Gasteiger partial charge in [-0.2, -0.15) is 0 Å². The molecule has 1 aromatic carbocycles. The molecule has 0 N–H and O–H groups in total. The summed E-state index contributed by atoms with van der Waals surface area (Å²) in [5, 5.41) is 0. The Morgan fingerprint density at radius 2 is 1.48 bits per heavy atom. The van der Waals surface area contributed by atoms with Crippen LogP contribution in [0.2, 0.25) is 18.6 Å². The third-order valence-corrected chi connectivity index (χ3v) is 15.5. The summed E-state index contributed by atoms with van der Waals surface area (Å²) in [7, 11) is -1.77. The van der Waals surface area contributed by atoms with Crippen LogP contribution in [0.25, 0.3) is 0 Å². The summed E-state index contributed by atoms with van der Waals surface area (Å²) in [6.07, 6.45) is 1.28. The van der Waals surface area contributed by atoms with E-state index in [4.69, 9.17) is 0 Å². The Kier molecular flexibility index (Phi) is 6.27. The highest BCUT2D eigenvalue weighted by atomic mass is 28.3. The zero-order valence-corrected chi connectivity index (χ0v) is 24.4. The van der Waals surface area contributed by atoms with Crippen LogP contribution in [0.5, 0.6) is 0 Å². The molecule has 0 radical (unpaired) electrons. The van der Waals surface area contributed by atoms with Crippen molar-refractivity contribution >= 4 is 13.9 Å². The Balaban J connectivity index is 1.71. The third kappa shape index (κ3) is 3.86. The fourth-order valence-electron chi connectivity index (χ4n) is 9.23. The first kappa shape index (κ1) is 25.0. The van der Waals surface area contributed by atoms with Crippen LogP contribution in [0, 0.1) is 29.6 Å². The molecule has 2 nitrogen and oxygen atoms in total. The van der Waals surface area contributed by atoms with Crippen molar-refractivity contribution in [1.29, 1.82) is 0 Å². The van der Waals surface area contributed by atoms with Gasteiger partial charge in [0.15, 0.2) is 0 Å². The van der Waals surface area contributed by atoms with Crippen LogP contribution < -0.4 is 4.90 Å². The molecule has 3 aliphatic rings. The van der Waals surface area contributed by atoms with Crippen LogP contribution in [-0.4, -0.2) is 37.0 Å². The highest BCUT2D eigenvalue weighted by Gasteiger charge is 2.59. The van der Waals surface area contributed by atoms with Crippen LogP contribution >= 0.6 is 0 Å². The normalized spacial score (nSPS) is 37.4. The lowest BCUT2D eigenvalue weighted by atomic mass is 9.89. The van der Waals surface area contributed by atoms with E-state index in [2.05, 4.69) is 115 Å². The molecule has 0 bridgehead atoms. The SMILES string of the molecule is CC1=C2CN(c3ccccc3)CC2CC1(C)N(C(C)(C)C)[Si](C)(C)C1C(C)C(C)C(C)C1C. The average molecular weight is 467 g/mol. The van der Waals surface area contributed by atoms with E-state index in [-0.39, 0.29) is 11.1 Å². The number of anilines is 1. The number of para-hydroxylation sites is 1. The Labute approximate surface area is 205 Å². The topological polar surface area (TPSA) is 6.48 Å². The lowest BCUT2D eigenvalue weighted by Crippen LogP contribution is -2.69. The number of rotatable bonds is 4. The van der Waals surface area contributed by atoms with Crippen LogP contribution in [0.4, 0.5) is 5.69 Å². The summed E-state index contributed by atoms with van der Waals surface area (Å²) in [5.41, 5.74) is 5.98. The first-order valence-electron chi connectivity index (χ1n) is 13.5. The van der Waals surface area contributed by atoms with Gasteiger partial charge in [0.05, 0.1) is 0 Å². The van der Waals surface area contributed by atoms with E-state index < -0.39 is 8.24 Å². The van der Waals surface area contributed by atoms with Crippen molar-refractivity contribution in [3.05, 3.63) is 41.5 Å². The molecule has 2 aliphatic carbocycles. The first-order chi connectivity index (χ1) is 15.2. The largest absolute Gasteiger partial charge is 0.367 e. The van der Waals surface area contributed by atoms with Crippen molar-refractivity contribution in [2.75, 3.05) is 18.0 Å². The Hall–Kier alpha value is -1.06. The molecule has 1 heterocycles. The van der Waals surface area contributed by atoms with Gasteiger partial charge < -0.3 is 9.47 Å². The van der Waals surface area contributed by atoms with Crippen LogP contribution in [0.3, 0.4) is 0 Å². The van der Waals surface area contributed by atoms with E-state index in [1.165, 1.54) is 18.7 Å². The fourth-order valence-corrected chi connectivity index (χ4v) is 16.0. The second kappa shape index (κ2) is 8.26. The molecule has 0 aromatic heterocycles. The lowest BCUT2D eigenvalue weighted by molar-refractivity contribution is 0.112. The molecule has 184 valence electrons. The molecule has 6 atom stereocenters. The van der Waals surface area contributed by atoms with Crippen LogP contribution in [0.1, 0.15) is 68.7 Å². The maximum absolute atomic E-state index is 3.11. The predicted molar refractivity (Wildman–Crippen MR) is 147 cm³/mol. The zero-order valence-electron chi connectivity index (χ0n) is 23.4. The Morgan fingerprint density at radius 1 is 0.939 bits per heavy atom. The summed E-state index contributed by atoms with van der Waals surface area (Å²) < 4.78 is 3.11. The smallest absolute Gasteiger partial charge is 0.127 e. The minimum Gasteiger partial charge on any atom is -0.367 e. The average Bonchev–Trinajstić information content (AvgIpc) is 3.29. The molecule has 6 unspecified atom stereocenters. The molecule has 3 heteroatoms. The highest BCUT2D eigenvalue weighted by Crippen LogP contribution is 2.58. The van der Waals surface area contributed by atoms with Gasteiger partial charge in [-0.15, -0.1) is 0 Å². The Bertz CT molecular complexity index is 884. The number of nitrogens with zero attached hydrogens (tertiary/aromatic N) is 2. The lowest BCUT2D eigenvalue weighted by Gasteiger charge is -2.59. The van der Waals surface area contributed by atoms with Gasteiger partial charge in [-0.3, -0.25) is 0 Å². The fraction of sp³-hybridized carbons (Fsp3) is 0.733. The Morgan fingerprint density at radius 3 is 1.97 bits per heavy atom. The van der Waals surface area contributed by atoms with Gasteiger partial charge in [-0.25, -0.2) is 0 Å². The van der Waals surface area contributed by atoms with Gasteiger partial charge >= 0.3 is 0 Å². The molecule has 1 saturated carbocycles. The van der Waals surface area contributed by atoms with E-state index in [1.54, 1.807) is 11.1 Å². The maximum atomic E-state index is 3.11. The monoisotopic (exact) mass is 466 g/mol. The third-order valence-electron chi connectivity index (χ3n) is 10.5. The molecular formula is C30H50N2Si. The molecule has 1 aliphatic heterocycles. The number of benzene rings is 1. The second-order valence-corrected chi connectivity index (χ2v) is 18.1. The van der Waals surface area contributed by atoms with Gasteiger partial charge in [-0.05, 0) is 88.0 Å². The van der Waals surface area contributed by atoms with E-state index in [9.17, 15) is 0 Å². The molecule has 0 amide bonds. The van der Waals surface area contributed by atoms with Crippen molar-refractivity contribution in [2.24, 2.45) is 29.6 Å². The van der Waals surface area contributed by atoms with Crippen molar-refractivity contribution in [3.63, 3.8) is 0 Å². The molecular weight excluding hydrogens is 416 g/mol.